The van der Waals surface area contributed by atoms with Crippen LogP contribution in [0.15, 0.2) is 34.2 Å². The third-order valence-electron chi connectivity index (χ3n) is 3.28. The highest BCUT2D eigenvalue weighted by Crippen LogP contribution is 2.31. The van der Waals surface area contributed by atoms with Crippen LogP contribution in [0.25, 0.3) is 11.0 Å². The van der Waals surface area contributed by atoms with E-state index in [-0.39, 0.29) is 6.04 Å². The van der Waals surface area contributed by atoms with E-state index in [1.807, 2.05) is 23.7 Å². The van der Waals surface area contributed by atoms with E-state index in [0.29, 0.717) is 5.88 Å². The van der Waals surface area contributed by atoms with Gasteiger partial charge in [0.15, 0.2) is 0 Å². The molecule has 0 aliphatic carbocycles. The molecule has 104 valence electrons. The van der Waals surface area contributed by atoms with Gasteiger partial charge in [-0.2, -0.15) is 0 Å². The minimum Gasteiger partial charge on any atom is -0.317 e. The van der Waals surface area contributed by atoms with Gasteiger partial charge in [0.05, 0.1) is 23.0 Å². The second kappa shape index (κ2) is 5.84. The molecule has 0 aliphatic rings. The van der Waals surface area contributed by atoms with Crippen LogP contribution in [-0.2, 0) is 5.88 Å². The van der Waals surface area contributed by atoms with E-state index in [4.69, 9.17) is 11.6 Å². The van der Waals surface area contributed by atoms with E-state index in [1.165, 1.54) is 0 Å². The van der Waals surface area contributed by atoms with Gasteiger partial charge in [-0.15, -0.1) is 22.9 Å². The lowest BCUT2D eigenvalue weighted by atomic mass is 10.2. The first-order valence-corrected chi connectivity index (χ1v) is 8.57. The van der Waals surface area contributed by atoms with E-state index >= 15 is 0 Å². The fraction of sp³-hybridized carbons (Fsp3) is 0.286. The molecule has 1 unspecified atom stereocenters. The van der Waals surface area contributed by atoms with E-state index in [0.717, 1.165) is 32.8 Å². The zero-order valence-corrected chi connectivity index (χ0v) is 14.0. The average Bonchev–Trinajstić information content (AvgIpc) is 3.08. The lowest BCUT2D eigenvalue weighted by Gasteiger charge is -2.17. The molecule has 0 saturated heterocycles. The highest BCUT2D eigenvalue weighted by atomic mass is 79.9. The topological polar surface area (TPSA) is 30.7 Å². The van der Waals surface area contributed by atoms with Crippen molar-refractivity contribution in [2.24, 2.45) is 0 Å². The van der Waals surface area contributed by atoms with Crippen molar-refractivity contribution < 1.29 is 0 Å². The van der Waals surface area contributed by atoms with Crippen molar-refractivity contribution in [1.29, 1.82) is 0 Å². The monoisotopic (exact) mass is 369 g/mol. The maximum absolute atomic E-state index is 6.09. The first kappa shape index (κ1) is 14.0. The van der Waals surface area contributed by atoms with Crippen LogP contribution >= 0.6 is 38.9 Å². The summed E-state index contributed by atoms with van der Waals surface area (Å²) >= 11 is 11.3. The Balaban J connectivity index is 2.24. The third-order valence-corrected chi connectivity index (χ3v) is 4.89. The molecule has 0 spiro atoms. The molecule has 3 aromatic rings. The van der Waals surface area contributed by atoms with Gasteiger partial charge in [-0.25, -0.2) is 9.97 Å². The molecule has 0 amide bonds. The fourth-order valence-corrected chi connectivity index (χ4v) is 3.77. The maximum atomic E-state index is 6.09. The number of nitrogens with zero attached hydrogens (tertiary/aromatic N) is 3. The zero-order chi connectivity index (χ0) is 14.1. The second-order valence-corrected chi connectivity index (χ2v) is 6.57. The highest BCUT2D eigenvalue weighted by molar-refractivity contribution is 9.10. The van der Waals surface area contributed by atoms with Gasteiger partial charge < -0.3 is 4.57 Å². The summed E-state index contributed by atoms with van der Waals surface area (Å²) < 4.78 is 3.26. The Hall–Kier alpha value is -0.910. The molecule has 0 aliphatic heterocycles. The Labute approximate surface area is 134 Å². The molecule has 0 saturated carbocycles. The Kier molecular flexibility index (Phi) is 4.10. The number of hydrogen-bond donors (Lipinski definition) is 0. The van der Waals surface area contributed by atoms with E-state index in [1.54, 1.807) is 11.3 Å². The number of hydrogen-bond acceptors (Lipinski definition) is 3. The summed E-state index contributed by atoms with van der Waals surface area (Å²) in [6, 6.07) is 6.29. The van der Waals surface area contributed by atoms with Crippen LogP contribution in [0.3, 0.4) is 0 Å². The van der Waals surface area contributed by atoms with Gasteiger partial charge in [0, 0.05) is 16.0 Å². The molecule has 1 atom stereocenters. The molecule has 2 heterocycles. The molecule has 6 heteroatoms. The van der Waals surface area contributed by atoms with Crippen LogP contribution in [0, 0.1) is 0 Å². The first-order valence-electron chi connectivity index (χ1n) is 6.36. The number of imidazole rings is 1. The smallest absolute Gasteiger partial charge is 0.125 e. The Morgan fingerprint density at radius 2 is 2.30 bits per heavy atom. The standard InChI is InChI=1S/C14H13BrClN3S/c1-2-11(14-17-5-6-20-14)19-12-7-9(15)3-4-10(12)18-13(19)8-16/h3-7,11H,2,8H2,1H3. The fourth-order valence-electron chi connectivity index (χ4n) is 2.42. The van der Waals surface area contributed by atoms with E-state index in [9.17, 15) is 0 Å². The number of fused-ring (bicyclic) bond motifs is 1. The van der Waals surface area contributed by atoms with Crippen LogP contribution in [0.4, 0.5) is 0 Å². The number of halogens is 2. The van der Waals surface area contributed by atoms with E-state index < -0.39 is 0 Å². The average molecular weight is 371 g/mol. The van der Waals surface area contributed by atoms with Crippen molar-refractivity contribution >= 4 is 49.9 Å². The molecule has 20 heavy (non-hydrogen) atoms. The molecule has 3 nitrogen and oxygen atoms in total. The van der Waals surface area contributed by atoms with Crippen molar-refractivity contribution in [3.8, 4) is 0 Å². The number of thiazole rings is 1. The Morgan fingerprint density at radius 3 is 2.95 bits per heavy atom. The largest absolute Gasteiger partial charge is 0.317 e. The highest BCUT2D eigenvalue weighted by Gasteiger charge is 2.21. The minimum atomic E-state index is 0.183. The van der Waals surface area contributed by atoms with Crippen molar-refractivity contribution in [2.75, 3.05) is 0 Å². The normalized spacial score (nSPS) is 12.9. The van der Waals surface area contributed by atoms with Crippen molar-refractivity contribution in [3.63, 3.8) is 0 Å². The molecule has 1 aromatic carbocycles. The predicted octanol–water partition coefficient (Wildman–Crippen LogP) is 4.99. The minimum absolute atomic E-state index is 0.183. The van der Waals surface area contributed by atoms with Crippen LogP contribution in [0.2, 0.25) is 0 Å². The van der Waals surface area contributed by atoms with Gasteiger partial charge in [-0.05, 0) is 24.6 Å². The zero-order valence-electron chi connectivity index (χ0n) is 10.9. The summed E-state index contributed by atoms with van der Waals surface area (Å²) in [7, 11) is 0. The summed E-state index contributed by atoms with van der Waals surface area (Å²) in [4.78, 5) is 9.10. The molecular formula is C14H13BrClN3S. The van der Waals surface area contributed by atoms with E-state index in [2.05, 4.69) is 43.5 Å². The molecule has 3 rings (SSSR count). The van der Waals surface area contributed by atoms with Crippen molar-refractivity contribution in [1.82, 2.24) is 14.5 Å². The van der Waals surface area contributed by atoms with Gasteiger partial charge in [-0.3, -0.25) is 0 Å². The van der Waals surface area contributed by atoms with Gasteiger partial charge in [-0.1, -0.05) is 22.9 Å². The van der Waals surface area contributed by atoms with Crippen molar-refractivity contribution in [2.45, 2.75) is 25.3 Å². The van der Waals surface area contributed by atoms with Crippen LogP contribution in [0.1, 0.15) is 30.2 Å². The number of rotatable bonds is 4. The molecule has 0 N–H and O–H groups in total. The lowest BCUT2D eigenvalue weighted by molar-refractivity contribution is 0.561. The Morgan fingerprint density at radius 1 is 1.45 bits per heavy atom. The third kappa shape index (κ3) is 2.38. The van der Waals surface area contributed by atoms with Crippen LogP contribution in [0.5, 0.6) is 0 Å². The van der Waals surface area contributed by atoms with Crippen LogP contribution in [-0.4, -0.2) is 14.5 Å². The van der Waals surface area contributed by atoms with Gasteiger partial charge >= 0.3 is 0 Å². The summed E-state index contributed by atoms with van der Waals surface area (Å²) in [5.41, 5.74) is 2.07. The number of alkyl halides is 1. The number of aromatic nitrogens is 3. The summed E-state index contributed by atoms with van der Waals surface area (Å²) in [6.45, 7) is 2.16. The maximum Gasteiger partial charge on any atom is 0.125 e. The molecule has 0 bridgehead atoms. The molecule has 0 radical (unpaired) electrons. The molecular weight excluding hydrogens is 358 g/mol. The first-order chi connectivity index (χ1) is 9.74. The molecule has 2 aromatic heterocycles. The summed E-state index contributed by atoms with van der Waals surface area (Å²) in [5.74, 6) is 1.29. The summed E-state index contributed by atoms with van der Waals surface area (Å²) in [5, 5.41) is 3.10. The number of benzene rings is 1. The molecule has 0 fully saturated rings. The van der Waals surface area contributed by atoms with Gasteiger partial charge in [0.1, 0.15) is 10.8 Å². The lowest BCUT2D eigenvalue weighted by Crippen LogP contribution is -2.12. The summed E-state index contributed by atoms with van der Waals surface area (Å²) in [6.07, 6.45) is 2.80. The van der Waals surface area contributed by atoms with Gasteiger partial charge in [0.25, 0.3) is 0 Å². The van der Waals surface area contributed by atoms with Crippen molar-refractivity contribution in [3.05, 3.63) is 45.1 Å². The SMILES string of the molecule is CCC(c1nccs1)n1c(CCl)nc2ccc(Br)cc21. The predicted molar refractivity (Wildman–Crippen MR) is 87.5 cm³/mol. The van der Waals surface area contributed by atoms with Gasteiger partial charge in [0.2, 0.25) is 0 Å². The Bertz CT molecular complexity index is 723. The van der Waals surface area contributed by atoms with Crippen LogP contribution < -0.4 is 0 Å². The quantitative estimate of drug-likeness (QED) is 0.605. The second-order valence-electron chi connectivity index (χ2n) is 4.46.